The number of fused-ring (bicyclic) bond motifs is 5. The van der Waals surface area contributed by atoms with E-state index in [1.807, 2.05) is 18.2 Å². The molecule has 9 heteroatoms. The van der Waals surface area contributed by atoms with E-state index in [9.17, 15) is 0 Å². The predicted octanol–water partition coefficient (Wildman–Crippen LogP) is 33.7. The van der Waals surface area contributed by atoms with Crippen LogP contribution >= 0.6 is 11.3 Å². The number of hydrogen-bond acceptors (Lipinski definition) is 4. The molecule has 650 valence electrons. The van der Waals surface area contributed by atoms with Crippen LogP contribution in [0, 0.1) is 41.5 Å². The van der Waals surface area contributed by atoms with Crippen molar-refractivity contribution in [3.63, 3.8) is 0 Å². The number of benzene rings is 17. The Morgan fingerprint density at radius 1 is 0.169 bits per heavy atom. The Labute approximate surface area is 797 Å². The van der Waals surface area contributed by atoms with Crippen LogP contribution < -0.4 is 0 Å². The largest absolute Gasteiger partial charge is 0.309 e. The maximum atomic E-state index is 5.13. The Morgan fingerprint density at radius 2 is 0.441 bits per heavy atom. The Hall–Kier alpha value is -17.1. The average Bonchev–Trinajstić information content (AvgIpc) is 1.59. The van der Waals surface area contributed by atoms with Gasteiger partial charge in [0, 0.05) is 61.5 Å². The Balaban J connectivity index is 0.000000119. The highest BCUT2D eigenvalue weighted by Crippen LogP contribution is 2.42. The van der Waals surface area contributed by atoms with Gasteiger partial charge >= 0.3 is 0 Å². The number of rotatable bonds is 17. The Morgan fingerprint density at radius 3 is 0.801 bits per heavy atom. The standard InChI is InChI=1S/C47H35N3.C43H33N3.C37H28N2S/c1-32-14-18-36(19-15-32)44-30-31-45(37-20-16-33(2)17-21-37)49(44)38-26-22-34(23-27-38)42-10-7-11-43(48-42)35-24-28-39(29-25-35)50-46-12-5-3-8-40(46)41-9-4-6-13-47(41)50;1-30-12-16-34(17-13-30)40-28-29-41(35-18-14-31(2)15-19-35)45(40)38-26-24-33(25-27-38)32-20-22-36(23-21-32)43-44-39-10-6-7-11-42(39)46(43)37-8-4-3-5-9-37;1-25-7-11-29(12-8-25)34-23-24-35(30-13-9-26(2)10-14-30)39(34)32-21-19-28(20-22-32)27-15-17-31(18-16-27)37-38-33-5-3-4-6-36(33)40-37/h3-31H,1-2H3;3-29H,1-2H3;3-24H,1-2H3. The molecule has 0 aliphatic heterocycles. The molecule has 0 aliphatic rings. The number of imidazole rings is 1. The molecule has 0 radical (unpaired) electrons. The maximum Gasteiger partial charge on any atom is 0.145 e. The summed E-state index contributed by atoms with van der Waals surface area (Å²) < 4.78 is 12.9. The van der Waals surface area contributed by atoms with E-state index in [4.69, 9.17) is 15.0 Å². The van der Waals surface area contributed by atoms with Gasteiger partial charge in [-0.05, 0) is 243 Å². The zero-order valence-corrected chi connectivity index (χ0v) is 77.3. The number of hydrogen-bond donors (Lipinski definition) is 0. The van der Waals surface area contributed by atoms with Gasteiger partial charge < -0.3 is 18.3 Å². The highest BCUT2D eigenvalue weighted by Gasteiger charge is 2.22. The van der Waals surface area contributed by atoms with Crippen LogP contribution in [-0.4, -0.2) is 37.8 Å². The van der Waals surface area contributed by atoms with Gasteiger partial charge in [-0.25, -0.2) is 15.0 Å². The second-order valence-electron chi connectivity index (χ2n) is 35.2. The van der Waals surface area contributed by atoms with E-state index in [1.165, 1.54) is 138 Å². The normalized spacial score (nSPS) is 11.3. The van der Waals surface area contributed by atoms with E-state index in [0.29, 0.717) is 0 Å². The van der Waals surface area contributed by atoms with Crippen LogP contribution in [0.3, 0.4) is 0 Å². The van der Waals surface area contributed by atoms with Crippen LogP contribution in [0.25, 0.3) is 206 Å². The quantitative estimate of drug-likeness (QED) is 0.0913. The second-order valence-corrected chi connectivity index (χ2v) is 36.2. The van der Waals surface area contributed by atoms with Crippen molar-refractivity contribution in [3.8, 4) is 163 Å². The molecule has 0 amide bonds. The van der Waals surface area contributed by atoms with Crippen LogP contribution in [0.4, 0.5) is 0 Å². The molecule has 0 saturated carbocycles. The lowest BCUT2D eigenvalue weighted by Gasteiger charge is -2.16. The van der Waals surface area contributed by atoms with Gasteiger partial charge in [-0.3, -0.25) is 4.57 Å². The zero-order chi connectivity index (χ0) is 91.7. The van der Waals surface area contributed by atoms with Gasteiger partial charge in [0.25, 0.3) is 0 Å². The van der Waals surface area contributed by atoms with Crippen molar-refractivity contribution >= 4 is 54.4 Å². The first-order chi connectivity index (χ1) is 66.8. The van der Waals surface area contributed by atoms with Crippen LogP contribution in [-0.2, 0) is 0 Å². The van der Waals surface area contributed by atoms with Crippen LogP contribution in [0.5, 0.6) is 0 Å². The molecule has 17 aromatic carbocycles. The van der Waals surface area contributed by atoms with E-state index in [-0.39, 0.29) is 0 Å². The minimum atomic E-state index is 0.939. The topological polar surface area (TPSA) is 63.3 Å². The van der Waals surface area contributed by atoms with Crippen molar-refractivity contribution in [2.75, 3.05) is 0 Å². The van der Waals surface area contributed by atoms with Gasteiger partial charge in [-0.2, -0.15) is 0 Å². The lowest BCUT2D eigenvalue weighted by Crippen LogP contribution is -2.00. The molecule has 0 fully saturated rings. The molecular weight excluding hydrogens is 1670 g/mol. The molecular formula is C127H96N8S. The number of nitrogens with zero attached hydrogens (tertiary/aromatic N) is 8. The molecule has 7 heterocycles. The molecule has 0 atom stereocenters. The van der Waals surface area contributed by atoms with E-state index < -0.39 is 0 Å². The van der Waals surface area contributed by atoms with Crippen molar-refractivity contribution in [3.05, 3.63) is 507 Å². The maximum absolute atomic E-state index is 5.13. The Kier molecular flexibility index (Phi) is 22.9. The molecule has 24 rings (SSSR count). The third-order valence-electron chi connectivity index (χ3n) is 26.0. The summed E-state index contributed by atoms with van der Waals surface area (Å²) in [7, 11) is 0. The van der Waals surface area contributed by atoms with E-state index in [0.717, 1.165) is 101 Å². The zero-order valence-electron chi connectivity index (χ0n) is 76.5. The van der Waals surface area contributed by atoms with Gasteiger partial charge in [0.2, 0.25) is 0 Å². The van der Waals surface area contributed by atoms with Crippen molar-refractivity contribution in [2.45, 2.75) is 41.5 Å². The van der Waals surface area contributed by atoms with E-state index in [2.05, 4.69) is 519 Å². The number of para-hydroxylation sites is 6. The molecule has 0 spiro atoms. The summed E-state index contributed by atoms with van der Waals surface area (Å²) in [5.41, 5.74) is 44.0. The molecule has 0 bridgehead atoms. The van der Waals surface area contributed by atoms with Crippen molar-refractivity contribution in [2.24, 2.45) is 0 Å². The number of aryl methyl sites for hydroxylation is 6. The van der Waals surface area contributed by atoms with E-state index in [1.54, 1.807) is 11.3 Å². The summed E-state index contributed by atoms with van der Waals surface area (Å²) in [6, 6.07) is 170. The minimum absolute atomic E-state index is 0.939. The van der Waals surface area contributed by atoms with Crippen molar-refractivity contribution in [1.82, 2.24) is 37.8 Å². The summed E-state index contributed by atoms with van der Waals surface area (Å²) >= 11 is 1.74. The molecule has 0 aliphatic carbocycles. The summed E-state index contributed by atoms with van der Waals surface area (Å²) in [5.74, 6) is 0.939. The summed E-state index contributed by atoms with van der Waals surface area (Å²) in [4.78, 5) is 15.0. The number of aromatic nitrogens is 8. The van der Waals surface area contributed by atoms with E-state index >= 15 is 0 Å². The fourth-order valence-corrected chi connectivity index (χ4v) is 19.6. The minimum Gasteiger partial charge on any atom is -0.309 e. The SMILES string of the molecule is Cc1ccc(-c2ccc(-c3ccc(C)cc3)n2-c2ccc(-c3ccc(-c4nc5ccccc5n4-c4ccccc4)cc3)cc2)cc1.Cc1ccc(-c2ccc(-c3ccc(C)cc3)n2-c2ccc(-c3ccc(-c4nc5ccccc5s4)cc3)cc2)cc1.Cc1ccc(-c2ccc(-c3ccc(C)cc3)n2-c2ccc(-c3cccc(-c4ccc(-n5c6ccccc6c6ccccc65)cc4)n3)cc2)cc1. The smallest absolute Gasteiger partial charge is 0.145 e. The second kappa shape index (κ2) is 36.9. The van der Waals surface area contributed by atoms with Crippen LogP contribution in [0.1, 0.15) is 33.4 Å². The third-order valence-corrected chi connectivity index (χ3v) is 27.0. The van der Waals surface area contributed by atoms with Crippen LogP contribution in [0.15, 0.2) is 473 Å². The van der Waals surface area contributed by atoms with Gasteiger partial charge in [0.05, 0.1) is 77.8 Å². The highest BCUT2D eigenvalue weighted by atomic mass is 32.1. The Bertz CT molecular complexity index is 8110. The van der Waals surface area contributed by atoms with Gasteiger partial charge in [0.1, 0.15) is 10.8 Å². The molecule has 0 unspecified atom stereocenters. The van der Waals surface area contributed by atoms with Crippen molar-refractivity contribution < 1.29 is 0 Å². The molecule has 8 nitrogen and oxygen atoms in total. The van der Waals surface area contributed by atoms with Gasteiger partial charge in [-0.1, -0.05) is 361 Å². The molecule has 0 N–H and O–H groups in total. The van der Waals surface area contributed by atoms with Gasteiger partial charge in [-0.15, -0.1) is 11.3 Å². The molecule has 0 saturated heterocycles. The first-order valence-electron chi connectivity index (χ1n) is 46.4. The molecule has 24 aromatic rings. The lowest BCUT2D eigenvalue weighted by molar-refractivity contribution is 1.09. The molecule has 136 heavy (non-hydrogen) atoms. The third kappa shape index (κ3) is 17.0. The predicted molar refractivity (Wildman–Crippen MR) is 571 cm³/mol. The highest BCUT2D eigenvalue weighted by molar-refractivity contribution is 7.21. The summed E-state index contributed by atoms with van der Waals surface area (Å²) in [6.07, 6.45) is 0. The lowest BCUT2D eigenvalue weighted by atomic mass is 10.0. The first-order valence-corrected chi connectivity index (χ1v) is 47.2. The fourth-order valence-electron chi connectivity index (χ4n) is 18.6. The number of pyridine rings is 1. The van der Waals surface area contributed by atoms with Crippen LogP contribution in [0.2, 0.25) is 0 Å². The first kappa shape index (κ1) is 84.4. The summed E-state index contributed by atoms with van der Waals surface area (Å²) in [5, 5.41) is 3.59. The number of thiazole rings is 1. The summed E-state index contributed by atoms with van der Waals surface area (Å²) in [6.45, 7) is 12.8. The fraction of sp³-hybridized carbons (Fsp3) is 0.0472. The average molecular weight is 1770 g/mol. The monoisotopic (exact) mass is 1760 g/mol. The molecule has 7 aromatic heterocycles. The van der Waals surface area contributed by atoms with Crippen molar-refractivity contribution in [1.29, 1.82) is 0 Å². The van der Waals surface area contributed by atoms with Gasteiger partial charge in [0.15, 0.2) is 0 Å².